The zero-order valence-corrected chi connectivity index (χ0v) is 16.2. The lowest BCUT2D eigenvalue weighted by atomic mass is 9.80. The maximum absolute atomic E-state index is 12.6. The molecule has 0 spiro atoms. The van der Waals surface area contributed by atoms with Gasteiger partial charge >= 0.3 is 11.9 Å². The van der Waals surface area contributed by atoms with Crippen LogP contribution in [0.15, 0.2) is 46.8 Å². The number of benzene rings is 1. The summed E-state index contributed by atoms with van der Waals surface area (Å²) in [7, 11) is 4.14. The lowest BCUT2D eigenvalue weighted by Gasteiger charge is -2.37. The molecule has 0 aliphatic carbocycles. The van der Waals surface area contributed by atoms with E-state index in [0.717, 1.165) is 0 Å². The third-order valence-corrected chi connectivity index (χ3v) is 4.80. The molecule has 0 unspecified atom stereocenters. The normalized spacial score (nSPS) is 15.4. The van der Waals surface area contributed by atoms with Crippen LogP contribution in [-0.4, -0.2) is 44.9 Å². The molecule has 0 radical (unpaired) electrons. The molecular weight excluding hydrogens is 358 g/mol. The molecule has 0 amide bonds. The highest BCUT2D eigenvalue weighted by Gasteiger charge is 2.40. The molecule has 0 N–H and O–H groups in total. The summed E-state index contributed by atoms with van der Waals surface area (Å²) in [6, 6.07) is 7.09. The summed E-state index contributed by atoms with van der Waals surface area (Å²) >= 11 is 6.39. The third kappa shape index (κ3) is 3.48. The highest BCUT2D eigenvalue weighted by Crippen LogP contribution is 2.44. The third-order valence-electron chi connectivity index (χ3n) is 4.45. The molecule has 6 nitrogen and oxygen atoms in total. The Hall–Kier alpha value is -2.31. The van der Waals surface area contributed by atoms with E-state index in [4.69, 9.17) is 25.8 Å². The van der Waals surface area contributed by atoms with E-state index in [9.17, 15) is 9.59 Å². The van der Waals surface area contributed by atoms with Gasteiger partial charge in [-0.3, -0.25) is 0 Å². The fraction of sp³-hybridized carbons (Fsp3) is 0.368. The second-order valence-electron chi connectivity index (χ2n) is 5.78. The van der Waals surface area contributed by atoms with Gasteiger partial charge in [-0.1, -0.05) is 29.8 Å². The van der Waals surface area contributed by atoms with Gasteiger partial charge in [-0.2, -0.15) is 0 Å². The van der Waals surface area contributed by atoms with Gasteiger partial charge in [0.25, 0.3) is 0 Å². The quantitative estimate of drug-likeness (QED) is 0.732. The van der Waals surface area contributed by atoms with Crippen molar-refractivity contribution in [2.24, 2.45) is 0 Å². The van der Waals surface area contributed by atoms with E-state index >= 15 is 0 Å². The summed E-state index contributed by atoms with van der Waals surface area (Å²) in [5.74, 6) is -1.78. The van der Waals surface area contributed by atoms with E-state index < -0.39 is 17.9 Å². The van der Waals surface area contributed by atoms with Crippen molar-refractivity contribution in [2.45, 2.75) is 19.8 Å². The second kappa shape index (κ2) is 8.38. The molecule has 0 bridgehead atoms. The number of allylic oxidation sites excluding steroid dienone is 2. The number of hydrogen-bond acceptors (Lipinski definition) is 6. The lowest BCUT2D eigenvalue weighted by Crippen LogP contribution is -2.36. The van der Waals surface area contributed by atoms with Crippen molar-refractivity contribution < 1.29 is 23.8 Å². The smallest absolute Gasteiger partial charge is 0.336 e. The van der Waals surface area contributed by atoms with E-state index in [0.29, 0.717) is 33.1 Å². The largest absolute Gasteiger partial charge is 0.466 e. The molecule has 0 saturated carbocycles. The maximum atomic E-state index is 12.6. The molecule has 26 heavy (non-hydrogen) atoms. The molecule has 2 rings (SSSR count). The van der Waals surface area contributed by atoms with Gasteiger partial charge in [0.2, 0.25) is 0 Å². The van der Waals surface area contributed by atoms with Crippen LogP contribution in [-0.2, 0) is 23.8 Å². The standard InChI is InChI=1S/C19H22ClNO5/c1-11-15(18(22)25-4)17(13-8-6-7-9-14(13)20)16(19(23)26-5)12(2)21(11)10-24-3/h6-9,17H,10H2,1-5H3. The van der Waals surface area contributed by atoms with Crippen LogP contribution in [0.4, 0.5) is 0 Å². The van der Waals surface area contributed by atoms with Crippen molar-refractivity contribution in [1.82, 2.24) is 4.90 Å². The van der Waals surface area contributed by atoms with E-state index in [-0.39, 0.29) is 6.73 Å². The summed E-state index contributed by atoms with van der Waals surface area (Å²) in [5, 5.41) is 0.445. The number of carbonyl (C=O) groups is 2. The van der Waals surface area contributed by atoms with Gasteiger partial charge in [-0.15, -0.1) is 0 Å². The van der Waals surface area contributed by atoms with Gasteiger partial charge in [-0.05, 0) is 25.5 Å². The zero-order valence-electron chi connectivity index (χ0n) is 15.5. The molecule has 0 fully saturated rings. The molecule has 1 aromatic carbocycles. The Kier molecular flexibility index (Phi) is 6.45. The fourth-order valence-electron chi connectivity index (χ4n) is 3.20. The van der Waals surface area contributed by atoms with Crippen molar-refractivity contribution >= 4 is 23.5 Å². The molecule has 1 heterocycles. The number of halogens is 1. The summed E-state index contributed by atoms with van der Waals surface area (Å²) in [6.07, 6.45) is 0. The molecule has 1 aliphatic heterocycles. The van der Waals surface area contributed by atoms with Crippen LogP contribution in [0.1, 0.15) is 25.3 Å². The van der Waals surface area contributed by atoms with Gasteiger partial charge in [0.1, 0.15) is 6.73 Å². The van der Waals surface area contributed by atoms with Crippen molar-refractivity contribution in [3.63, 3.8) is 0 Å². The number of ether oxygens (including phenoxy) is 3. The van der Waals surface area contributed by atoms with E-state index in [1.807, 2.05) is 0 Å². The lowest BCUT2D eigenvalue weighted by molar-refractivity contribution is -0.137. The first-order valence-electron chi connectivity index (χ1n) is 7.98. The number of nitrogens with zero attached hydrogens (tertiary/aromatic N) is 1. The Labute approximate surface area is 158 Å². The maximum Gasteiger partial charge on any atom is 0.336 e. The molecule has 7 heteroatoms. The molecule has 0 saturated heterocycles. The average molecular weight is 380 g/mol. The van der Waals surface area contributed by atoms with Crippen LogP contribution in [0.25, 0.3) is 0 Å². The minimum atomic E-state index is -0.697. The molecule has 0 atom stereocenters. The fourth-order valence-corrected chi connectivity index (χ4v) is 3.44. The van der Waals surface area contributed by atoms with Crippen molar-refractivity contribution in [3.8, 4) is 0 Å². The Morgan fingerprint density at radius 1 is 1.00 bits per heavy atom. The Morgan fingerprint density at radius 3 is 1.92 bits per heavy atom. The molecule has 140 valence electrons. The predicted molar refractivity (Wildman–Crippen MR) is 97.3 cm³/mol. The van der Waals surface area contributed by atoms with E-state index in [1.54, 1.807) is 43.0 Å². The van der Waals surface area contributed by atoms with Gasteiger partial charge in [-0.25, -0.2) is 9.59 Å². The molecule has 1 aliphatic rings. The number of hydrogen-bond donors (Lipinski definition) is 0. The summed E-state index contributed by atoms with van der Waals surface area (Å²) in [5.41, 5.74) is 2.54. The topological polar surface area (TPSA) is 65.1 Å². The van der Waals surface area contributed by atoms with Gasteiger partial charge in [0.05, 0.1) is 31.3 Å². The first-order valence-corrected chi connectivity index (χ1v) is 8.35. The Morgan fingerprint density at radius 2 is 1.50 bits per heavy atom. The Bertz CT molecular complexity index is 744. The van der Waals surface area contributed by atoms with Gasteiger partial charge in [0.15, 0.2) is 0 Å². The van der Waals surface area contributed by atoms with Crippen LogP contribution >= 0.6 is 11.6 Å². The summed E-state index contributed by atoms with van der Waals surface area (Å²) in [6.45, 7) is 3.74. The first kappa shape index (κ1) is 20.0. The van der Waals surface area contributed by atoms with Gasteiger partial charge < -0.3 is 19.1 Å². The van der Waals surface area contributed by atoms with Crippen molar-refractivity contribution in [3.05, 3.63) is 57.4 Å². The summed E-state index contributed by atoms with van der Waals surface area (Å²) < 4.78 is 15.2. The number of esters is 2. The van der Waals surface area contributed by atoms with Crippen LogP contribution < -0.4 is 0 Å². The monoisotopic (exact) mass is 379 g/mol. The van der Waals surface area contributed by atoms with Gasteiger partial charge in [0, 0.05) is 23.5 Å². The average Bonchev–Trinajstić information content (AvgIpc) is 2.64. The van der Waals surface area contributed by atoms with Crippen molar-refractivity contribution in [1.29, 1.82) is 0 Å². The predicted octanol–water partition coefficient (Wildman–Crippen LogP) is 3.24. The minimum Gasteiger partial charge on any atom is -0.466 e. The van der Waals surface area contributed by atoms with E-state index in [1.165, 1.54) is 21.3 Å². The van der Waals surface area contributed by atoms with Crippen LogP contribution in [0.2, 0.25) is 5.02 Å². The number of carbonyl (C=O) groups excluding carboxylic acids is 2. The second-order valence-corrected chi connectivity index (χ2v) is 6.19. The van der Waals surface area contributed by atoms with Crippen LogP contribution in [0.5, 0.6) is 0 Å². The highest BCUT2D eigenvalue weighted by atomic mass is 35.5. The molecule has 0 aromatic heterocycles. The zero-order chi connectivity index (χ0) is 19.4. The molecular formula is C19H22ClNO5. The minimum absolute atomic E-state index is 0.175. The Balaban J connectivity index is 2.81. The molecule has 1 aromatic rings. The van der Waals surface area contributed by atoms with Crippen LogP contribution in [0, 0.1) is 0 Å². The first-order chi connectivity index (χ1) is 12.4. The summed E-state index contributed by atoms with van der Waals surface area (Å²) in [4.78, 5) is 27.0. The number of rotatable bonds is 5. The van der Waals surface area contributed by atoms with E-state index in [2.05, 4.69) is 0 Å². The highest BCUT2D eigenvalue weighted by molar-refractivity contribution is 6.31. The van der Waals surface area contributed by atoms with Crippen molar-refractivity contribution in [2.75, 3.05) is 28.1 Å². The number of methoxy groups -OCH3 is 3. The SMILES string of the molecule is COCN1C(C)=C(C(=O)OC)C(c2ccccc2Cl)C(C(=O)OC)=C1C. The van der Waals surface area contributed by atoms with Crippen LogP contribution in [0.3, 0.4) is 0 Å².